The molecule has 0 radical (unpaired) electrons. The molecular weight excluding hydrogens is 368 g/mol. The van der Waals surface area contributed by atoms with E-state index < -0.39 is 0 Å². The molecule has 152 valence electrons. The van der Waals surface area contributed by atoms with Crippen molar-refractivity contribution in [2.75, 3.05) is 20.7 Å². The Kier molecular flexibility index (Phi) is 6.49. The highest BCUT2D eigenvalue weighted by Crippen LogP contribution is 2.18. The summed E-state index contributed by atoms with van der Waals surface area (Å²) in [5.74, 6) is 0.399. The van der Waals surface area contributed by atoms with E-state index in [1.165, 1.54) is 0 Å². The molecule has 0 saturated carbocycles. The van der Waals surface area contributed by atoms with Crippen LogP contribution in [0.25, 0.3) is 5.52 Å². The summed E-state index contributed by atoms with van der Waals surface area (Å²) in [6.45, 7) is 3.02. The summed E-state index contributed by atoms with van der Waals surface area (Å²) >= 11 is 0. The number of unbranched alkanes of at least 4 members (excludes halogenated alkanes) is 1. The Labute approximate surface area is 170 Å². The van der Waals surface area contributed by atoms with Gasteiger partial charge < -0.3 is 15.0 Å². The summed E-state index contributed by atoms with van der Waals surface area (Å²) in [5.41, 5.74) is 1.69. The summed E-state index contributed by atoms with van der Waals surface area (Å²) in [6.07, 6.45) is 3.66. The Morgan fingerprint density at radius 3 is 2.69 bits per heavy atom. The third-order valence-corrected chi connectivity index (χ3v) is 4.78. The van der Waals surface area contributed by atoms with Gasteiger partial charge in [-0.1, -0.05) is 37.6 Å². The number of amides is 2. The SMILES string of the molecule is CCCCN(C)C(=O)c1nc(C(=O)NCc2ccccc2OC)c2ccccn12. The number of carbonyl (C=O) groups is 2. The number of carbonyl (C=O) groups excluding carboxylic acids is 2. The van der Waals surface area contributed by atoms with Crippen LogP contribution in [0, 0.1) is 0 Å². The van der Waals surface area contributed by atoms with Crippen LogP contribution in [-0.2, 0) is 6.54 Å². The van der Waals surface area contributed by atoms with Crippen LogP contribution < -0.4 is 10.1 Å². The summed E-state index contributed by atoms with van der Waals surface area (Å²) in [6, 6.07) is 12.9. The summed E-state index contributed by atoms with van der Waals surface area (Å²) in [5, 5.41) is 2.88. The number of nitrogens with zero attached hydrogens (tertiary/aromatic N) is 3. The number of benzene rings is 1. The number of hydrogen-bond donors (Lipinski definition) is 1. The predicted molar refractivity (Wildman–Crippen MR) is 111 cm³/mol. The summed E-state index contributed by atoms with van der Waals surface area (Å²) < 4.78 is 7.00. The van der Waals surface area contributed by atoms with Crippen LogP contribution in [-0.4, -0.2) is 46.8 Å². The lowest BCUT2D eigenvalue weighted by atomic mass is 10.2. The lowest BCUT2D eigenvalue weighted by Crippen LogP contribution is -2.29. The fourth-order valence-electron chi connectivity index (χ4n) is 3.13. The van der Waals surface area contributed by atoms with Gasteiger partial charge in [-0.05, 0) is 24.6 Å². The zero-order valence-electron chi connectivity index (χ0n) is 17.0. The molecule has 2 aromatic heterocycles. The van der Waals surface area contributed by atoms with E-state index in [0.717, 1.165) is 18.4 Å². The second kappa shape index (κ2) is 9.23. The molecule has 3 rings (SSSR count). The van der Waals surface area contributed by atoms with Gasteiger partial charge in [0.1, 0.15) is 5.75 Å². The van der Waals surface area contributed by atoms with Crippen LogP contribution in [0.5, 0.6) is 5.75 Å². The van der Waals surface area contributed by atoms with Crippen molar-refractivity contribution in [3.05, 3.63) is 65.7 Å². The van der Waals surface area contributed by atoms with Gasteiger partial charge >= 0.3 is 0 Å². The average Bonchev–Trinajstić information content (AvgIpc) is 3.15. The van der Waals surface area contributed by atoms with Crippen molar-refractivity contribution < 1.29 is 14.3 Å². The number of aromatic nitrogens is 2. The fourth-order valence-corrected chi connectivity index (χ4v) is 3.13. The highest BCUT2D eigenvalue weighted by atomic mass is 16.5. The minimum Gasteiger partial charge on any atom is -0.496 e. The molecule has 0 aliphatic heterocycles. The molecule has 0 atom stereocenters. The standard InChI is InChI=1S/C22H26N4O3/c1-4-5-13-25(2)22(28)20-24-19(17-11-8-9-14-26(17)20)21(27)23-15-16-10-6-7-12-18(16)29-3/h6-12,14H,4-5,13,15H2,1-3H3,(H,23,27). The Morgan fingerprint density at radius 1 is 1.17 bits per heavy atom. The highest BCUT2D eigenvalue weighted by Gasteiger charge is 2.23. The molecule has 7 heteroatoms. The molecule has 7 nitrogen and oxygen atoms in total. The van der Waals surface area contributed by atoms with Crippen molar-refractivity contribution in [2.45, 2.75) is 26.3 Å². The van der Waals surface area contributed by atoms with Crippen molar-refractivity contribution >= 4 is 17.3 Å². The van der Waals surface area contributed by atoms with E-state index in [4.69, 9.17) is 4.74 Å². The number of fused-ring (bicyclic) bond motifs is 1. The molecule has 0 fully saturated rings. The van der Waals surface area contributed by atoms with Crippen LogP contribution in [0.1, 0.15) is 46.4 Å². The number of pyridine rings is 1. The molecule has 0 aliphatic rings. The topological polar surface area (TPSA) is 75.9 Å². The second-order valence-corrected chi connectivity index (χ2v) is 6.81. The third kappa shape index (κ3) is 4.39. The maximum atomic E-state index is 12.9. The molecular formula is C22H26N4O3. The number of methoxy groups -OCH3 is 1. The van der Waals surface area contributed by atoms with Crippen molar-refractivity contribution in [3.8, 4) is 5.75 Å². The first-order chi connectivity index (χ1) is 14.1. The van der Waals surface area contributed by atoms with Gasteiger partial charge in [-0.25, -0.2) is 4.98 Å². The monoisotopic (exact) mass is 394 g/mol. The van der Waals surface area contributed by atoms with Gasteiger partial charge in [0.15, 0.2) is 5.69 Å². The first kappa shape index (κ1) is 20.4. The molecule has 3 aromatic rings. The number of imidazole rings is 1. The maximum absolute atomic E-state index is 12.9. The Morgan fingerprint density at radius 2 is 1.93 bits per heavy atom. The molecule has 2 amide bonds. The van der Waals surface area contributed by atoms with Crippen LogP contribution >= 0.6 is 0 Å². The normalized spacial score (nSPS) is 10.7. The first-order valence-electron chi connectivity index (χ1n) is 9.69. The summed E-state index contributed by atoms with van der Waals surface area (Å²) in [7, 11) is 3.35. The zero-order valence-corrected chi connectivity index (χ0v) is 17.0. The number of hydrogen-bond acceptors (Lipinski definition) is 4. The third-order valence-electron chi connectivity index (χ3n) is 4.78. The fraction of sp³-hybridized carbons (Fsp3) is 0.318. The first-order valence-corrected chi connectivity index (χ1v) is 9.69. The van der Waals surface area contributed by atoms with Crippen LogP contribution in [0.15, 0.2) is 48.7 Å². The van der Waals surface area contributed by atoms with Gasteiger partial charge in [0.25, 0.3) is 11.8 Å². The Bertz CT molecular complexity index is 1010. The molecule has 0 saturated heterocycles. The van der Waals surface area contributed by atoms with Gasteiger partial charge in [0.05, 0.1) is 12.6 Å². The minimum atomic E-state index is -0.338. The quantitative estimate of drug-likeness (QED) is 0.637. The Hall–Kier alpha value is -3.35. The number of nitrogens with one attached hydrogen (secondary N) is 1. The van der Waals surface area contributed by atoms with E-state index in [-0.39, 0.29) is 23.3 Å². The van der Waals surface area contributed by atoms with Crippen LogP contribution in [0.2, 0.25) is 0 Å². The Balaban J connectivity index is 1.85. The van der Waals surface area contributed by atoms with Gasteiger partial charge in [-0.15, -0.1) is 0 Å². The van der Waals surface area contributed by atoms with Gasteiger partial charge in [0.2, 0.25) is 5.82 Å². The van der Waals surface area contributed by atoms with E-state index in [9.17, 15) is 9.59 Å². The number of rotatable bonds is 8. The highest BCUT2D eigenvalue weighted by molar-refractivity contribution is 6.02. The predicted octanol–water partition coefficient (Wildman–Crippen LogP) is 3.15. The molecule has 1 aromatic carbocycles. The lowest BCUT2D eigenvalue weighted by Gasteiger charge is -2.15. The van der Waals surface area contributed by atoms with Gasteiger partial charge in [-0.2, -0.15) is 0 Å². The minimum absolute atomic E-state index is 0.205. The van der Waals surface area contributed by atoms with Crippen LogP contribution in [0.4, 0.5) is 0 Å². The second-order valence-electron chi connectivity index (χ2n) is 6.81. The maximum Gasteiger partial charge on any atom is 0.289 e. The average molecular weight is 394 g/mol. The molecule has 0 aliphatic carbocycles. The van der Waals surface area contributed by atoms with E-state index in [0.29, 0.717) is 24.4 Å². The molecule has 1 N–H and O–H groups in total. The van der Waals surface area contributed by atoms with E-state index >= 15 is 0 Å². The molecule has 0 spiro atoms. The van der Waals surface area contributed by atoms with Crippen molar-refractivity contribution in [2.24, 2.45) is 0 Å². The van der Waals surface area contributed by atoms with Crippen molar-refractivity contribution in [1.82, 2.24) is 19.6 Å². The van der Waals surface area contributed by atoms with E-state index in [1.807, 2.05) is 36.4 Å². The molecule has 0 bridgehead atoms. The summed E-state index contributed by atoms with van der Waals surface area (Å²) in [4.78, 5) is 31.8. The van der Waals surface area contributed by atoms with E-state index in [1.54, 1.807) is 35.7 Å². The van der Waals surface area contributed by atoms with Crippen LogP contribution in [0.3, 0.4) is 0 Å². The van der Waals surface area contributed by atoms with E-state index in [2.05, 4.69) is 17.2 Å². The zero-order chi connectivity index (χ0) is 20.8. The smallest absolute Gasteiger partial charge is 0.289 e. The van der Waals surface area contributed by atoms with Crippen molar-refractivity contribution in [3.63, 3.8) is 0 Å². The molecule has 2 heterocycles. The largest absolute Gasteiger partial charge is 0.496 e. The van der Waals surface area contributed by atoms with Gasteiger partial charge in [-0.3, -0.25) is 14.0 Å². The number of ether oxygens (including phenoxy) is 1. The lowest BCUT2D eigenvalue weighted by molar-refractivity contribution is 0.0780. The van der Waals surface area contributed by atoms with Crippen molar-refractivity contribution in [1.29, 1.82) is 0 Å². The van der Waals surface area contributed by atoms with Gasteiger partial charge in [0, 0.05) is 31.9 Å². The number of para-hydroxylation sites is 1. The molecule has 0 unspecified atom stereocenters. The molecule has 29 heavy (non-hydrogen) atoms.